The number of hydrogen-bond acceptors (Lipinski definition) is 4. The van der Waals surface area contributed by atoms with Crippen LogP contribution in [0.3, 0.4) is 0 Å². The van der Waals surface area contributed by atoms with Crippen LogP contribution in [-0.2, 0) is 17.8 Å². The smallest absolute Gasteiger partial charge is 0.317 e. The quantitative estimate of drug-likeness (QED) is 0.745. The summed E-state index contributed by atoms with van der Waals surface area (Å²) in [5.41, 5.74) is 2.19. The maximum atomic E-state index is 12.5. The van der Waals surface area contributed by atoms with Crippen LogP contribution in [0, 0.1) is 0 Å². The number of amides is 2. The number of carbonyl (C=O) groups excluding carboxylic acids is 2. The molecule has 1 aromatic carbocycles. The fraction of sp³-hybridized carbons (Fsp3) is 0.316. The number of halogens is 1. The van der Waals surface area contributed by atoms with E-state index in [0.29, 0.717) is 25.4 Å². The molecule has 0 bridgehead atoms. The molecule has 1 aromatic heterocycles. The Kier molecular flexibility index (Phi) is 10.4. The Bertz CT molecular complexity index is 671. The van der Waals surface area contributed by atoms with Crippen LogP contribution >= 0.6 is 24.2 Å². The van der Waals surface area contributed by atoms with E-state index < -0.39 is 0 Å². The lowest BCUT2D eigenvalue weighted by molar-refractivity contribution is -0.109. The average Bonchev–Trinajstić information content (AvgIpc) is 2.64. The van der Waals surface area contributed by atoms with Gasteiger partial charge in [-0.15, -0.1) is 12.4 Å². The standard InChI is InChI=1S/C19H23N3O2S.ClH/c1-16(23)25-14-13-22(12-9-17-5-3-2-4-6-17)19(24)21-15-18-7-10-20-11-8-18;/h2-8,10-11H,9,12-15H2,1H3,(H,21,24);1H. The molecule has 5 nitrogen and oxygen atoms in total. The Morgan fingerprint density at radius 3 is 2.38 bits per heavy atom. The number of rotatable bonds is 8. The van der Waals surface area contributed by atoms with Crippen LogP contribution in [-0.4, -0.2) is 39.9 Å². The molecule has 0 radical (unpaired) electrons. The van der Waals surface area contributed by atoms with E-state index in [4.69, 9.17) is 0 Å². The van der Waals surface area contributed by atoms with Crippen LogP contribution in [0.5, 0.6) is 0 Å². The zero-order chi connectivity index (χ0) is 17.9. The van der Waals surface area contributed by atoms with E-state index in [9.17, 15) is 9.59 Å². The molecule has 7 heteroatoms. The number of nitrogens with one attached hydrogen (secondary N) is 1. The predicted molar refractivity (Wildman–Crippen MR) is 109 cm³/mol. The molecule has 2 aromatic rings. The normalized spacial score (nSPS) is 9.88. The van der Waals surface area contributed by atoms with Gasteiger partial charge in [-0.25, -0.2) is 4.79 Å². The van der Waals surface area contributed by atoms with Gasteiger partial charge in [-0.05, 0) is 29.7 Å². The van der Waals surface area contributed by atoms with Crippen molar-refractivity contribution < 1.29 is 9.59 Å². The van der Waals surface area contributed by atoms with Gasteiger partial charge in [0.2, 0.25) is 0 Å². The SMILES string of the molecule is CC(=O)SCCN(CCc1ccccc1)C(=O)NCc1ccncc1.Cl. The minimum absolute atomic E-state index is 0. The van der Waals surface area contributed by atoms with Gasteiger partial charge >= 0.3 is 6.03 Å². The molecule has 0 spiro atoms. The Labute approximate surface area is 165 Å². The molecule has 0 aliphatic heterocycles. The molecule has 2 amide bonds. The molecular weight excluding hydrogens is 370 g/mol. The molecule has 2 rings (SSSR count). The molecule has 1 N–H and O–H groups in total. The molecule has 0 aliphatic rings. The number of nitrogens with zero attached hydrogens (tertiary/aromatic N) is 2. The minimum Gasteiger partial charge on any atom is -0.334 e. The summed E-state index contributed by atoms with van der Waals surface area (Å²) in [5.74, 6) is 0.604. The van der Waals surface area contributed by atoms with Crippen LogP contribution in [0.2, 0.25) is 0 Å². The van der Waals surface area contributed by atoms with Crippen LogP contribution in [0.15, 0.2) is 54.9 Å². The van der Waals surface area contributed by atoms with Crippen molar-refractivity contribution in [2.75, 3.05) is 18.8 Å². The Hall–Kier alpha value is -2.05. The molecule has 0 unspecified atom stereocenters. The van der Waals surface area contributed by atoms with Gasteiger partial charge in [0.15, 0.2) is 5.12 Å². The first-order chi connectivity index (χ1) is 12.1. The second-order valence-electron chi connectivity index (χ2n) is 5.58. The second kappa shape index (κ2) is 12.3. The number of hydrogen-bond donors (Lipinski definition) is 1. The highest BCUT2D eigenvalue weighted by molar-refractivity contribution is 8.13. The number of urea groups is 1. The van der Waals surface area contributed by atoms with E-state index in [-0.39, 0.29) is 23.6 Å². The lowest BCUT2D eigenvalue weighted by Crippen LogP contribution is -2.42. The first-order valence-corrected chi connectivity index (χ1v) is 9.22. The summed E-state index contributed by atoms with van der Waals surface area (Å²) < 4.78 is 0. The number of carbonyl (C=O) groups is 2. The van der Waals surface area contributed by atoms with Crippen molar-refractivity contribution in [2.45, 2.75) is 19.9 Å². The van der Waals surface area contributed by atoms with Gasteiger partial charge in [0, 0.05) is 44.7 Å². The number of thioether (sulfide) groups is 1. The molecule has 0 atom stereocenters. The van der Waals surface area contributed by atoms with E-state index in [1.165, 1.54) is 17.3 Å². The summed E-state index contributed by atoms with van der Waals surface area (Å²) in [6.07, 6.45) is 4.20. The van der Waals surface area contributed by atoms with Crippen molar-refractivity contribution >= 4 is 35.3 Å². The van der Waals surface area contributed by atoms with Gasteiger partial charge < -0.3 is 10.2 Å². The maximum Gasteiger partial charge on any atom is 0.317 e. The van der Waals surface area contributed by atoms with Gasteiger partial charge in [0.25, 0.3) is 0 Å². The molecular formula is C19H24ClN3O2S. The Morgan fingerprint density at radius 2 is 1.73 bits per heavy atom. The molecule has 0 saturated heterocycles. The van der Waals surface area contributed by atoms with Crippen molar-refractivity contribution in [2.24, 2.45) is 0 Å². The zero-order valence-corrected chi connectivity index (χ0v) is 16.4. The zero-order valence-electron chi connectivity index (χ0n) is 14.8. The second-order valence-corrected chi connectivity index (χ2v) is 6.85. The van der Waals surface area contributed by atoms with Gasteiger partial charge in [-0.2, -0.15) is 0 Å². The van der Waals surface area contributed by atoms with Crippen LogP contribution < -0.4 is 5.32 Å². The number of benzene rings is 1. The molecule has 26 heavy (non-hydrogen) atoms. The number of pyridine rings is 1. The summed E-state index contributed by atoms with van der Waals surface area (Å²) in [4.78, 5) is 29.4. The Morgan fingerprint density at radius 1 is 1.04 bits per heavy atom. The van der Waals surface area contributed by atoms with Crippen LogP contribution in [0.4, 0.5) is 4.79 Å². The van der Waals surface area contributed by atoms with E-state index in [0.717, 1.165) is 12.0 Å². The lowest BCUT2D eigenvalue weighted by Gasteiger charge is -2.23. The summed E-state index contributed by atoms with van der Waals surface area (Å²) in [6, 6.07) is 13.7. The lowest BCUT2D eigenvalue weighted by atomic mass is 10.1. The molecule has 0 saturated carbocycles. The highest BCUT2D eigenvalue weighted by Crippen LogP contribution is 2.06. The molecule has 0 fully saturated rings. The first kappa shape index (κ1) is 22.0. The fourth-order valence-electron chi connectivity index (χ4n) is 2.31. The minimum atomic E-state index is -0.114. The largest absolute Gasteiger partial charge is 0.334 e. The third kappa shape index (κ3) is 8.36. The first-order valence-electron chi connectivity index (χ1n) is 8.24. The van der Waals surface area contributed by atoms with Crippen molar-refractivity contribution in [3.63, 3.8) is 0 Å². The fourth-order valence-corrected chi connectivity index (χ4v) is 2.91. The third-order valence-electron chi connectivity index (χ3n) is 3.66. The molecule has 1 heterocycles. The van der Waals surface area contributed by atoms with Gasteiger partial charge in [-0.3, -0.25) is 9.78 Å². The molecule has 0 aliphatic carbocycles. The third-order valence-corrected chi connectivity index (χ3v) is 4.45. The van der Waals surface area contributed by atoms with Crippen molar-refractivity contribution in [1.82, 2.24) is 15.2 Å². The molecule has 140 valence electrons. The van der Waals surface area contributed by atoms with Gasteiger partial charge in [0.1, 0.15) is 0 Å². The maximum absolute atomic E-state index is 12.5. The average molecular weight is 394 g/mol. The van der Waals surface area contributed by atoms with E-state index >= 15 is 0 Å². The highest BCUT2D eigenvalue weighted by Gasteiger charge is 2.13. The highest BCUT2D eigenvalue weighted by atomic mass is 35.5. The topological polar surface area (TPSA) is 62.3 Å². The van der Waals surface area contributed by atoms with Crippen LogP contribution in [0.25, 0.3) is 0 Å². The van der Waals surface area contributed by atoms with E-state index in [1.807, 2.05) is 30.3 Å². The summed E-state index contributed by atoms with van der Waals surface area (Å²) >= 11 is 1.24. The van der Waals surface area contributed by atoms with Crippen molar-refractivity contribution in [3.8, 4) is 0 Å². The Balaban J connectivity index is 0.00000338. The number of aromatic nitrogens is 1. The van der Waals surface area contributed by atoms with E-state index in [2.05, 4.69) is 22.4 Å². The van der Waals surface area contributed by atoms with Crippen molar-refractivity contribution in [3.05, 3.63) is 66.0 Å². The van der Waals surface area contributed by atoms with Crippen molar-refractivity contribution in [1.29, 1.82) is 0 Å². The van der Waals surface area contributed by atoms with Gasteiger partial charge in [0.05, 0.1) is 0 Å². The summed E-state index contributed by atoms with van der Waals surface area (Å²) in [5, 5.41) is 3.01. The predicted octanol–water partition coefficient (Wildman–Crippen LogP) is 3.54. The van der Waals surface area contributed by atoms with Gasteiger partial charge in [-0.1, -0.05) is 42.1 Å². The summed E-state index contributed by atoms with van der Waals surface area (Å²) in [7, 11) is 0. The van der Waals surface area contributed by atoms with Crippen LogP contribution in [0.1, 0.15) is 18.1 Å². The monoisotopic (exact) mass is 393 g/mol. The van der Waals surface area contributed by atoms with E-state index in [1.54, 1.807) is 24.2 Å². The summed E-state index contributed by atoms with van der Waals surface area (Å²) in [6.45, 7) is 3.16.